The van der Waals surface area contributed by atoms with E-state index in [2.05, 4.69) is 13.8 Å². The molecule has 0 aromatic rings. The molecule has 1 saturated carbocycles. The summed E-state index contributed by atoms with van der Waals surface area (Å²) < 4.78 is 5.64. The predicted molar refractivity (Wildman–Crippen MR) is 66.3 cm³/mol. The lowest BCUT2D eigenvalue weighted by Crippen LogP contribution is -2.25. The van der Waals surface area contributed by atoms with Crippen molar-refractivity contribution in [1.29, 1.82) is 0 Å². The third kappa shape index (κ3) is 4.54. The average molecular weight is 226 g/mol. The minimum absolute atomic E-state index is 0.0206. The molecule has 16 heavy (non-hydrogen) atoms. The van der Waals surface area contributed by atoms with Crippen molar-refractivity contribution in [1.82, 2.24) is 0 Å². The van der Waals surface area contributed by atoms with Crippen LogP contribution < -0.4 is 0 Å². The van der Waals surface area contributed by atoms with Crippen molar-refractivity contribution in [3.63, 3.8) is 0 Å². The van der Waals surface area contributed by atoms with E-state index in [4.69, 9.17) is 4.74 Å². The minimum atomic E-state index is 0.0206. The van der Waals surface area contributed by atoms with Crippen LogP contribution in [0.2, 0.25) is 0 Å². The Morgan fingerprint density at radius 2 is 1.94 bits per heavy atom. The van der Waals surface area contributed by atoms with Crippen molar-refractivity contribution in [3.8, 4) is 0 Å². The quantitative estimate of drug-likeness (QED) is 0.611. The van der Waals surface area contributed by atoms with E-state index in [1.165, 1.54) is 25.7 Å². The van der Waals surface area contributed by atoms with E-state index < -0.39 is 0 Å². The average Bonchev–Trinajstić information content (AvgIpc) is 2.79. The lowest BCUT2D eigenvalue weighted by Gasteiger charge is -2.23. The fraction of sp³-hybridized carbons (Fsp3) is 0.929. The van der Waals surface area contributed by atoms with Crippen LogP contribution in [-0.2, 0) is 9.53 Å². The Labute approximate surface area is 99.8 Å². The monoisotopic (exact) mass is 226 g/mol. The molecule has 0 aromatic carbocycles. The van der Waals surface area contributed by atoms with Crippen molar-refractivity contribution < 1.29 is 9.53 Å². The Bertz CT molecular complexity index is 195. The molecule has 94 valence electrons. The second-order valence-electron chi connectivity index (χ2n) is 4.97. The Hall–Kier alpha value is -0.530. The first-order valence-corrected chi connectivity index (χ1v) is 6.97. The number of ether oxygens (including phenoxy) is 1. The van der Waals surface area contributed by atoms with Crippen LogP contribution in [0.25, 0.3) is 0 Å². The maximum atomic E-state index is 11.6. The summed E-state index contributed by atoms with van der Waals surface area (Å²) in [5.41, 5.74) is 0. The third-order valence-corrected chi connectivity index (χ3v) is 3.52. The summed E-state index contributed by atoms with van der Waals surface area (Å²) >= 11 is 0. The largest absolute Gasteiger partial charge is 0.462 e. The van der Waals surface area contributed by atoms with Crippen LogP contribution in [0.3, 0.4) is 0 Å². The first kappa shape index (κ1) is 13.5. The van der Waals surface area contributed by atoms with E-state index in [1.807, 2.05) is 0 Å². The van der Waals surface area contributed by atoms with Gasteiger partial charge in [0.2, 0.25) is 0 Å². The number of esters is 1. The fourth-order valence-corrected chi connectivity index (χ4v) is 2.55. The summed E-state index contributed by atoms with van der Waals surface area (Å²) in [6.07, 6.45) is 10.1. The normalized spacial score (nSPS) is 18.6. The van der Waals surface area contributed by atoms with E-state index in [-0.39, 0.29) is 12.1 Å². The SMILES string of the molecule is CCCCC(=O)OC(CCC)C1CCCC1. The van der Waals surface area contributed by atoms with Gasteiger partial charge in [-0.2, -0.15) is 0 Å². The highest BCUT2D eigenvalue weighted by molar-refractivity contribution is 5.69. The maximum Gasteiger partial charge on any atom is 0.306 e. The molecular weight excluding hydrogens is 200 g/mol. The van der Waals surface area contributed by atoms with Crippen molar-refractivity contribution in [3.05, 3.63) is 0 Å². The Balaban J connectivity index is 2.34. The van der Waals surface area contributed by atoms with Crippen LogP contribution in [0.5, 0.6) is 0 Å². The van der Waals surface area contributed by atoms with Gasteiger partial charge in [-0.25, -0.2) is 0 Å². The first-order chi connectivity index (χ1) is 7.77. The molecule has 2 heteroatoms. The summed E-state index contributed by atoms with van der Waals surface area (Å²) in [4.78, 5) is 11.6. The number of carbonyl (C=O) groups excluding carboxylic acids is 1. The van der Waals surface area contributed by atoms with Crippen molar-refractivity contribution in [2.75, 3.05) is 0 Å². The topological polar surface area (TPSA) is 26.3 Å². The van der Waals surface area contributed by atoms with Gasteiger partial charge < -0.3 is 4.74 Å². The van der Waals surface area contributed by atoms with Gasteiger partial charge in [-0.1, -0.05) is 39.5 Å². The van der Waals surface area contributed by atoms with Gasteiger partial charge >= 0.3 is 5.97 Å². The molecule has 1 aliphatic rings. The highest BCUT2D eigenvalue weighted by atomic mass is 16.5. The molecule has 1 unspecified atom stereocenters. The summed E-state index contributed by atoms with van der Waals surface area (Å²) in [6, 6.07) is 0. The summed E-state index contributed by atoms with van der Waals surface area (Å²) in [5, 5.41) is 0. The van der Waals surface area contributed by atoms with Gasteiger partial charge in [0.25, 0.3) is 0 Å². The Kier molecular flexibility index (Phi) is 6.51. The molecule has 0 N–H and O–H groups in total. The van der Waals surface area contributed by atoms with Gasteiger partial charge in [-0.15, -0.1) is 0 Å². The van der Waals surface area contributed by atoms with Gasteiger partial charge in [0, 0.05) is 6.42 Å². The van der Waals surface area contributed by atoms with Crippen LogP contribution in [-0.4, -0.2) is 12.1 Å². The first-order valence-electron chi connectivity index (χ1n) is 6.97. The zero-order chi connectivity index (χ0) is 11.8. The van der Waals surface area contributed by atoms with E-state index in [1.54, 1.807) is 0 Å². The molecule has 0 bridgehead atoms. The zero-order valence-electron chi connectivity index (χ0n) is 10.8. The Morgan fingerprint density at radius 1 is 1.25 bits per heavy atom. The Morgan fingerprint density at radius 3 is 2.50 bits per heavy atom. The zero-order valence-corrected chi connectivity index (χ0v) is 10.8. The maximum absolute atomic E-state index is 11.6. The second-order valence-corrected chi connectivity index (χ2v) is 4.97. The van der Waals surface area contributed by atoms with Gasteiger partial charge in [0.05, 0.1) is 0 Å². The molecule has 0 saturated heterocycles. The molecule has 1 atom stereocenters. The number of rotatable bonds is 7. The standard InChI is InChI=1S/C14H26O2/c1-3-5-11-14(15)16-13(8-4-2)12-9-6-7-10-12/h12-13H,3-11H2,1-2H3. The molecule has 0 aromatic heterocycles. The third-order valence-electron chi connectivity index (χ3n) is 3.52. The molecule has 0 heterocycles. The number of unbranched alkanes of at least 4 members (excludes halogenated alkanes) is 1. The van der Waals surface area contributed by atoms with Gasteiger partial charge in [0.15, 0.2) is 0 Å². The summed E-state index contributed by atoms with van der Waals surface area (Å²) in [6.45, 7) is 4.27. The second kappa shape index (κ2) is 7.70. The van der Waals surface area contributed by atoms with E-state index in [9.17, 15) is 4.79 Å². The summed E-state index contributed by atoms with van der Waals surface area (Å²) in [7, 11) is 0. The van der Waals surface area contributed by atoms with E-state index in [0.717, 1.165) is 25.7 Å². The highest BCUT2D eigenvalue weighted by Crippen LogP contribution is 2.31. The van der Waals surface area contributed by atoms with E-state index in [0.29, 0.717) is 12.3 Å². The fourth-order valence-electron chi connectivity index (χ4n) is 2.55. The smallest absolute Gasteiger partial charge is 0.306 e. The molecule has 1 aliphatic carbocycles. The van der Waals surface area contributed by atoms with Crippen molar-refractivity contribution in [2.24, 2.45) is 5.92 Å². The van der Waals surface area contributed by atoms with Gasteiger partial charge in [-0.05, 0) is 31.6 Å². The van der Waals surface area contributed by atoms with Crippen LogP contribution in [0, 0.1) is 5.92 Å². The van der Waals surface area contributed by atoms with Crippen molar-refractivity contribution >= 4 is 5.97 Å². The minimum Gasteiger partial charge on any atom is -0.462 e. The lowest BCUT2D eigenvalue weighted by atomic mass is 9.97. The molecular formula is C14H26O2. The highest BCUT2D eigenvalue weighted by Gasteiger charge is 2.27. The number of carbonyl (C=O) groups is 1. The van der Waals surface area contributed by atoms with Crippen LogP contribution in [0.1, 0.15) is 71.6 Å². The molecule has 1 rings (SSSR count). The van der Waals surface area contributed by atoms with Gasteiger partial charge in [-0.3, -0.25) is 4.79 Å². The lowest BCUT2D eigenvalue weighted by molar-refractivity contribution is -0.152. The molecule has 2 nitrogen and oxygen atoms in total. The molecule has 0 aliphatic heterocycles. The van der Waals surface area contributed by atoms with Crippen LogP contribution in [0.4, 0.5) is 0 Å². The molecule has 1 fully saturated rings. The van der Waals surface area contributed by atoms with Crippen LogP contribution in [0.15, 0.2) is 0 Å². The van der Waals surface area contributed by atoms with Crippen LogP contribution >= 0.6 is 0 Å². The van der Waals surface area contributed by atoms with Crippen molar-refractivity contribution in [2.45, 2.75) is 77.7 Å². The molecule has 0 spiro atoms. The van der Waals surface area contributed by atoms with E-state index >= 15 is 0 Å². The van der Waals surface area contributed by atoms with Gasteiger partial charge in [0.1, 0.15) is 6.10 Å². The predicted octanol–water partition coefficient (Wildman–Crippen LogP) is 4.08. The number of hydrogen-bond acceptors (Lipinski definition) is 2. The summed E-state index contributed by atoms with van der Waals surface area (Å²) in [5.74, 6) is 0.665. The molecule has 0 radical (unpaired) electrons. The molecule has 0 amide bonds. The number of hydrogen-bond donors (Lipinski definition) is 0.